The van der Waals surface area contributed by atoms with Crippen LogP contribution < -0.4 is 5.46 Å². The Balaban J connectivity index is 1.92. The van der Waals surface area contributed by atoms with Crippen molar-refractivity contribution < 1.29 is 24.3 Å². The predicted octanol–water partition coefficient (Wildman–Crippen LogP) is 3.11. The van der Waals surface area contributed by atoms with Gasteiger partial charge in [-0.2, -0.15) is 0 Å². The number of rotatable bonds is 3. The third-order valence-electron chi connectivity index (χ3n) is 6.41. The van der Waals surface area contributed by atoms with E-state index in [1.54, 1.807) is 0 Å². The summed E-state index contributed by atoms with van der Waals surface area (Å²) in [6.45, 7) is 13.7. The molecule has 2 fully saturated rings. The van der Waals surface area contributed by atoms with Gasteiger partial charge >= 0.3 is 13.2 Å². The number of aliphatic hydroxyl groups excluding tert-OH is 1. The maximum Gasteiger partial charge on any atom is 0.494 e. The smallest absolute Gasteiger partial charge is 0.465 e. The quantitative estimate of drug-likeness (QED) is 0.777. The summed E-state index contributed by atoms with van der Waals surface area (Å²) in [5.41, 5.74) is -0.358. The van der Waals surface area contributed by atoms with E-state index in [4.69, 9.17) is 9.31 Å². The molecule has 1 aliphatic heterocycles. The van der Waals surface area contributed by atoms with Crippen LogP contribution in [0.15, 0.2) is 24.3 Å². The molecule has 0 spiro atoms. The lowest BCUT2D eigenvalue weighted by Gasteiger charge is -2.56. The van der Waals surface area contributed by atoms with Crippen LogP contribution >= 0.6 is 0 Å². The number of amides is 1. The van der Waals surface area contributed by atoms with Gasteiger partial charge in [-0.25, -0.2) is 4.79 Å². The van der Waals surface area contributed by atoms with Gasteiger partial charge in [0, 0.05) is 18.4 Å². The third-order valence-corrected chi connectivity index (χ3v) is 6.41. The van der Waals surface area contributed by atoms with Gasteiger partial charge in [-0.15, -0.1) is 0 Å². The minimum Gasteiger partial charge on any atom is -0.465 e. The van der Waals surface area contributed by atoms with Crippen LogP contribution in [0.3, 0.4) is 0 Å². The first-order valence-electron chi connectivity index (χ1n) is 9.87. The molecule has 0 aromatic heterocycles. The summed E-state index contributed by atoms with van der Waals surface area (Å²) in [5.74, 6) is 0. The molecule has 2 aliphatic rings. The van der Waals surface area contributed by atoms with Crippen molar-refractivity contribution >= 4 is 18.7 Å². The first-order valence-corrected chi connectivity index (χ1v) is 9.87. The zero-order valence-electron chi connectivity index (χ0n) is 17.9. The molecule has 0 atom stereocenters. The van der Waals surface area contributed by atoms with Crippen LogP contribution in [0.2, 0.25) is 0 Å². The van der Waals surface area contributed by atoms with Gasteiger partial charge in [0.2, 0.25) is 0 Å². The van der Waals surface area contributed by atoms with Gasteiger partial charge in [0.05, 0.1) is 22.8 Å². The fourth-order valence-corrected chi connectivity index (χ4v) is 4.31. The van der Waals surface area contributed by atoms with Gasteiger partial charge < -0.3 is 19.5 Å². The molecular formula is C21H32BNO5. The van der Waals surface area contributed by atoms with Gasteiger partial charge in [0.25, 0.3) is 0 Å². The van der Waals surface area contributed by atoms with Gasteiger partial charge in [0.15, 0.2) is 0 Å². The Morgan fingerprint density at radius 1 is 1.07 bits per heavy atom. The highest BCUT2D eigenvalue weighted by Crippen LogP contribution is 2.49. The molecule has 6 nitrogen and oxygen atoms in total. The third kappa shape index (κ3) is 3.33. The summed E-state index contributed by atoms with van der Waals surface area (Å²) >= 11 is 0. The minimum atomic E-state index is -0.977. The molecule has 7 heteroatoms. The van der Waals surface area contributed by atoms with Crippen molar-refractivity contribution in [3.05, 3.63) is 29.8 Å². The second kappa shape index (κ2) is 6.47. The molecule has 0 bridgehead atoms. The van der Waals surface area contributed by atoms with Gasteiger partial charge in [-0.1, -0.05) is 24.3 Å². The van der Waals surface area contributed by atoms with Crippen molar-refractivity contribution in [3.63, 3.8) is 0 Å². The number of hydrogen-bond acceptors (Lipinski definition) is 4. The Morgan fingerprint density at radius 3 is 1.89 bits per heavy atom. The van der Waals surface area contributed by atoms with E-state index in [-0.39, 0.29) is 0 Å². The van der Waals surface area contributed by atoms with Crippen LogP contribution in [0.1, 0.15) is 66.9 Å². The fraction of sp³-hybridized carbons (Fsp3) is 0.667. The number of carboxylic acid groups (broad SMARTS) is 1. The van der Waals surface area contributed by atoms with Crippen molar-refractivity contribution in [2.24, 2.45) is 0 Å². The zero-order chi connectivity index (χ0) is 21.1. The Hall–Kier alpha value is -1.57. The number of carbonyl (C=O) groups is 1. The molecule has 2 N–H and O–H groups in total. The SMILES string of the molecule is CC(C)(C)N(C(=O)O)[C@]1(c2ccc(B3OC(C)(C)C(C)(C)O3)cc2)C[C@@H](O)C1. The van der Waals surface area contributed by atoms with Crippen LogP contribution in [0.5, 0.6) is 0 Å². The van der Waals surface area contributed by atoms with Crippen molar-refractivity contribution in [3.8, 4) is 0 Å². The molecule has 0 unspecified atom stereocenters. The molecule has 1 aliphatic carbocycles. The molecule has 3 rings (SSSR count). The van der Waals surface area contributed by atoms with E-state index < -0.39 is 41.6 Å². The summed E-state index contributed by atoms with van der Waals surface area (Å²) in [5, 5.41) is 19.9. The average molecular weight is 389 g/mol. The van der Waals surface area contributed by atoms with Gasteiger partial charge in [-0.3, -0.25) is 4.90 Å². The normalized spacial score (nSPS) is 28.7. The van der Waals surface area contributed by atoms with Crippen LogP contribution in [-0.2, 0) is 14.8 Å². The average Bonchev–Trinajstić information content (AvgIpc) is 2.72. The van der Waals surface area contributed by atoms with E-state index >= 15 is 0 Å². The summed E-state index contributed by atoms with van der Waals surface area (Å²) < 4.78 is 12.2. The van der Waals surface area contributed by atoms with E-state index in [0.717, 1.165) is 11.0 Å². The largest absolute Gasteiger partial charge is 0.494 e. The fourth-order valence-electron chi connectivity index (χ4n) is 4.31. The number of hydrogen-bond donors (Lipinski definition) is 2. The zero-order valence-corrected chi connectivity index (χ0v) is 17.9. The number of benzene rings is 1. The summed E-state index contributed by atoms with van der Waals surface area (Å²) in [4.78, 5) is 13.6. The molecular weight excluding hydrogens is 357 g/mol. The lowest BCUT2D eigenvalue weighted by Crippen LogP contribution is -2.64. The Kier molecular flexibility index (Phi) is 4.89. The molecule has 0 radical (unpaired) electrons. The van der Waals surface area contributed by atoms with E-state index in [2.05, 4.69) is 0 Å². The first kappa shape index (κ1) is 21.2. The lowest BCUT2D eigenvalue weighted by molar-refractivity contribution is -0.0973. The molecule has 28 heavy (non-hydrogen) atoms. The molecule has 1 saturated carbocycles. The summed E-state index contributed by atoms with van der Waals surface area (Å²) in [7, 11) is -0.458. The van der Waals surface area contributed by atoms with Crippen LogP contribution in [0, 0.1) is 0 Å². The van der Waals surface area contributed by atoms with Gasteiger partial charge in [-0.05, 0) is 59.5 Å². The van der Waals surface area contributed by atoms with Gasteiger partial charge in [0.1, 0.15) is 0 Å². The Bertz CT molecular complexity index is 731. The van der Waals surface area contributed by atoms with Crippen molar-refractivity contribution in [2.45, 2.75) is 89.7 Å². The Morgan fingerprint density at radius 2 is 1.54 bits per heavy atom. The van der Waals surface area contributed by atoms with Crippen LogP contribution in [-0.4, -0.2) is 51.2 Å². The van der Waals surface area contributed by atoms with E-state index in [1.165, 1.54) is 4.90 Å². The standard InChI is InChI=1S/C21H32BNO5/c1-18(2,3)23(17(25)26)21(12-16(24)13-21)14-8-10-15(11-9-14)22-27-19(4,5)20(6,7)28-22/h8-11,16,24H,12-13H2,1-7H3,(H,25,26)/t16-,21-. The molecule has 1 heterocycles. The lowest BCUT2D eigenvalue weighted by atomic mass is 9.66. The highest BCUT2D eigenvalue weighted by atomic mass is 16.7. The number of nitrogens with zero attached hydrogens (tertiary/aromatic N) is 1. The summed E-state index contributed by atoms with van der Waals surface area (Å²) in [6, 6.07) is 7.75. The topological polar surface area (TPSA) is 79.2 Å². The highest BCUT2D eigenvalue weighted by molar-refractivity contribution is 6.62. The van der Waals surface area contributed by atoms with Crippen LogP contribution in [0.4, 0.5) is 4.79 Å². The highest BCUT2D eigenvalue weighted by Gasteiger charge is 2.55. The predicted molar refractivity (Wildman–Crippen MR) is 109 cm³/mol. The minimum absolute atomic E-state index is 0.395. The molecule has 1 aromatic rings. The summed E-state index contributed by atoms with van der Waals surface area (Å²) in [6.07, 6.45) is -0.680. The molecule has 1 saturated heterocycles. The van der Waals surface area contributed by atoms with Crippen LogP contribution in [0.25, 0.3) is 0 Å². The van der Waals surface area contributed by atoms with E-state index in [0.29, 0.717) is 12.8 Å². The van der Waals surface area contributed by atoms with Crippen molar-refractivity contribution in [1.82, 2.24) is 4.90 Å². The van der Waals surface area contributed by atoms with Crippen molar-refractivity contribution in [1.29, 1.82) is 0 Å². The molecule has 1 aromatic carbocycles. The van der Waals surface area contributed by atoms with E-state index in [9.17, 15) is 15.0 Å². The van der Waals surface area contributed by atoms with Crippen molar-refractivity contribution in [2.75, 3.05) is 0 Å². The number of aliphatic hydroxyl groups is 1. The first-order chi connectivity index (χ1) is 12.7. The Labute approximate surface area is 168 Å². The second-order valence-electron chi connectivity index (χ2n) is 10.1. The molecule has 154 valence electrons. The van der Waals surface area contributed by atoms with E-state index in [1.807, 2.05) is 72.7 Å². The molecule has 1 amide bonds. The second-order valence-corrected chi connectivity index (χ2v) is 10.1. The monoisotopic (exact) mass is 389 g/mol. The maximum atomic E-state index is 12.1. The maximum absolute atomic E-state index is 12.1.